The first-order valence-corrected chi connectivity index (χ1v) is 7.79. The molecule has 2 N–H and O–H groups in total. The van der Waals surface area contributed by atoms with E-state index in [1.165, 1.54) is 5.56 Å². The maximum absolute atomic E-state index is 11.9. The van der Waals surface area contributed by atoms with Crippen LogP contribution in [0.3, 0.4) is 0 Å². The topological polar surface area (TPSA) is 68.2 Å². The molecular weight excluding hydrogens is 292 g/mol. The van der Waals surface area contributed by atoms with Crippen LogP contribution in [0.2, 0.25) is 0 Å². The number of hydrogen-bond donors (Lipinski definition) is 2. The molecule has 0 spiro atoms. The Hall–Kier alpha value is -2.50. The smallest absolute Gasteiger partial charge is 0.315 e. The monoisotopic (exact) mass is 314 g/mol. The lowest BCUT2D eigenvalue weighted by Gasteiger charge is -2.36. The minimum absolute atomic E-state index is 0.134. The lowest BCUT2D eigenvalue weighted by Crippen LogP contribution is -2.47. The van der Waals surface area contributed by atoms with E-state index in [-0.39, 0.29) is 12.1 Å². The zero-order valence-electron chi connectivity index (χ0n) is 13.5. The van der Waals surface area contributed by atoms with Gasteiger partial charge < -0.3 is 19.9 Å². The van der Waals surface area contributed by atoms with E-state index in [0.717, 1.165) is 24.3 Å². The van der Waals surface area contributed by atoms with E-state index in [2.05, 4.69) is 27.8 Å². The van der Waals surface area contributed by atoms with Crippen LogP contribution in [-0.4, -0.2) is 28.7 Å². The summed E-state index contributed by atoms with van der Waals surface area (Å²) in [5, 5.41) is 5.84. The third-order valence-electron chi connectivity index (χ3n) is 4.23. The molecule has 0 radical (unpaired) electrons. The Bertz CT molecular complexity index is 677. The van der Waals surface area contributed by atoms with Crippen LogP contribution in [0.1, 0.15) is 30.0 Å². The van der Waals surface area contributed by atoms with Crippen molar-refractivity contribution >= 4 is 6.03 Å². The molecule has 0 saturated heterocycles. The second kappa shape index (κ2) is 6.73. The van der Waals surface area contributed by atoms with Crippen molar-refractivity contribution in [1.29, 1.82) is 0 Å². The summed E-state index contributed by atoms with van der Waals surface area (Å²) >= 11 is 0. The van der Waals surface area contributed by atoms with Gasteiger partial charge in [0.05, 0.1) is 25.7 Å². The fraction of sp³-hybridized carbons (Fsp3) is 0.412. The van der Waals surface area contributed by atoms with E-state index >= 15 is 0 Å². The minimum atomic E-state index is -0.134. The molecule has 0 aliphatic heterocycles. The first kappa shape index (κ1) is 15.4. The molecule has 1 fully saturated rings. The Balaban J connectivity index is 1.41. The molecule has 1 aromatic heterocycles. The Morgan fingerprint density at radius 1 is 1.43 bits per heavy atom. The normalized spacial score (nSPS) is 19.7. The molecule has 0 unspecified atom stereocenters. The van der Waals surface area contributed by atoms with Gasteiger partial charge in [-0.15, -0.1) is 0 Å². The van der Waals surface area contributed by atoms with Crippen LogP contribution in [-0.2, 0) is 13.6 Å². The minimum Gasteiger partial charge on any atom is -0.497 e. The maximum Gasteiger partial charge on any atom is 0.315 e. The molecule has 1 aliphatic carbocycles. The highest BCUT2D eigenvalue weighted by molar-refractivity contribution is 5.74. The number of carbonyl (C=O) groups excluding carboxylic acids is 1. The number of nitrogens with zero attached hydrogens (tertiary/aromatic N) is 2. The molecule has 0 atom stereocenters. The van der Waals surface area contributed by atoms with E-state index in [0.29, 0.717) is 12.5 Å². The number of aromatic nitrogens is 2. The van der Waals surface area contributed by atoms with Gasteiger partial charge >= 0.3 is 6.03 Å². The van der Waals surface area contributed by atoms with Gasteiger partial charge in [0.2, 0.25) is 0 Å². The van der Waals surface area contributed by atoms with E-state index in [9.17, 15) is 4.79 Å². The Morgan fingerprint density at radius 2 is 2.26 bits per heavy atom. The van der Waals surface area contributed by atoms with Gasteiger partial charge in [-0.2, -0.15) is 0 Å². The number of nitrogens with one attached hydrogen (secondary N) is 2. The van der Waals surface area contributed by atoms with Crippen molar-refractivity contribution in [3.05, 3.63) is 48.0 Å². The van der Waals surface area contributed by atoms with Crippen molar-refractivity contribution in [3.8, 4) is 5.75 Å². The number of carbonyl (C=O) groups is 1. The summed E-state index contributed by atoms with van der Waals surface area (Å²) in [6, 6.07) is 8.24. The molecule has 0 bridgehead atoms. The number of aryl methyl sites for hydroxylation is 1. The first-order chi connectivity index (χ1) is 11.1. The van der Waals surface area contributed by atoms with Crippen LogP contribution in [0.5, 0.6) is 5.75 Å². The van der Waals surface area contributed by atoms with Crippen LogP contribution in [0, 0.1) is 0 Å². The van der Waals surface area contributed by atoms with Crippen molar-refractivity contribution in [3.63, 3.8) is 0 Å². The van der Waals surface area contributed by atoms with Gasteiger partial charge in [-0.05, 0) is 36.5 Å². The van der Waals surface area contributed by atoms with Crippen molar-refractivity contribution in [1.82, 2.24) is 20.2 Å². The zero-order valence-corrected chi connectivity index (χ0v) is 13.5. The van der Waals surface area contributed by atoms with Crippen molar-refractivity contribution < 1.29 is 9.53 Å². The fourth-order valence-electron chi connectivity index (χ4n) is 2.87. The fourth-order valence-corrected chi connectivity index (χ4v) is 2.87. The average Bonchev–Trinajstić information content (AvgIpc) is 2.94. The summed E-state index contributed by atoms with van der Waals surface area (Å²) in [6.07, 6.45) is 5.54. The van der Waals surface area contributed by atoms with Crippen LogP contribution in [0.15, 0.2) is 36.8 Å². The van der Waals surface area contributed by atoms with Crippen molar-refractivity contribution in [2.24, 2.45) is 7.05 Å². The van der Waals surface area contributed by atoms with Crippen LogP contribution in [0.4, 0.5) is 4.79 Å². The van der Waals surface area contributed by atoms with Gasteiger partial charge in [0, 0.05) is 19.3 Å². The van der Waals surface area contributed by atoms with Gasteiger partial charge in [0.25, 0.3) is 0 Å². The number of ether oxygens (including phenoxy) is 1. The molecule has 1 aliphatic rings. The van der Waals surface area contributed by atoms with Crippen LogP contribution >= 0.6 is 0 Å². The summed E-state index contributed by atoms with van der Waals surface area (Å²) in [6.45, 7) is 0.443. The van der Waals surface area contributed by atoms with Gasteiger partial charge in [-0.1, -0.05) is 12.1 Å². The number of amides is 2. The number of urea groups is 1. The number of hydrogen-bond acceptors (Lipinski definition) is 3. The van der Waals surface area contributed by atoms with E-state index in [1.807, 2.05) is 29.9 Å². The van der Waals surface area contributed by atoms with Gasteiger partial charge in [0.1, 0.15) is 5.75 Å². The molecule has 2 amide bonds. The van der Waals surface area contributed by atoms with Gasteiger partial charge in [0.15, 0.2) is 0 Å². The SMILES string of the molecule is COc1cccc(C2CC(NC(=O)NCc3cn(C)cn3)C2)c1. The van der Waals surface area contributed by atoms with E-state index in [1.54, 1.807) is 13.4 Å². The summed E-state index contributed by atoms with van der Waals surface area (Å²) in [4.78, 5) is 16.1. The third-order valence-corrected chi connectivity index (χ3v) is 4.23. The van der Waals surface area contributed by atoms with Crippen LogP contribution in [0.25, 0.3) is 0 Å². The Labute approximate surface area is 135 Å². The molecule has 1 aromatic carbocycles. The van der Waals surface area contributed by atoms with Crippen molar-refractivity contribution in [2.45, 2.75) is 31.3 Å². The molecule has 6 nitrogen and oxygen atoms in total. The van der Waals surface area contributed by atoms with Gasteiger partial charge in [-0.25, -0.2) is 9.78 Å². The number of methoxy groups -OCH3 is 1. The second-order valence-corrected chi connectivity index (χ2v) is 6.00. The molecular formula is C17H22N4O2. The molecule has 122 valence electrons. The molecule has 6 heteroatoms. The summed E-state index contributed by atoms with van der Waals surface area (Å²) in [7, 11) is 3.58. The summed E-state index contributed by atoms with van der Waals surface area (Å²) in [5.41, 5.74) is 2.13. The summed E-state index contributed by atoms with van der Waals surface area (Å²) in [5.74, 6) is 1.37. The second-order valence-electron chi connectivity index (χ2n) is 6.00. The quantitative estimate of drug-likeness (QED) is 0.889. The average molecular weight is 314 g/mol. The molecule has 1 saturated carbocycles. The lowest BCUT2D eigenvalue weighted by molar-refractivity contribution is 0.222. The van der Waals surface area contributed by atoms with E-state index in [4.69, 9.17) is 4.74 Å². The highest BCUT2D eigenvalue weighted by Crippen LogP contribution is 2.37. The molecule has 1 heterocycles. The highest BCUT2D eigenvalue weighted by Gasteiger charge is 2.31. The molecule has 2 aromatic rings. The predicted molar refractivity (Wildman–Crippen MR) is 87.3 cm³/mol. The maximum atomic E-state index is 11.9. The number of rotatable bonds is 5. The zero-order chi connectivity index (χ0) is 16.2. The molecule has 23 heavy (non-hydrogen) atoms. The first-order valence-electron chi connectivity index (χ1n) is 7.79. The van der Waals surface area contributed by atoms with Crippen molar-refractivity contribution in [2.75, 3.05) is 7.11 Å². The largest absolute Gasteiger partial charge is 0.497 e. The predicted octanol–water partition coefficient (Wildman–Crippen LogP) is 2.17. The third kappa shape index (κ3) is 3.83. The number of imidazole rings is 1. The summed E-state index contributed by atoms with van der Waals surface area (Å²) < 4.78 is 7.11. The van der Waals surface area contributed by atoms with E-state index < -0.39 is 0 Å². The van der Waals surface area contributed by atoms with Gasteiger partial charge in [-0.3, -0.25) is 0 Å². The Kier molecular flexibility index (Phi) is 4.50. The Morgan fingerprint density at radius 3 is 2.96 bits per heavy atom. The standard InChI is InChI=1S/C17H22N4O2/c1-21-10-15(19-11-21)9-18-17(22)20-14-6-13(7-14)12-4-3-5-16(8-12)23-2/h3-5,8,10-11,13-14H,6-7,9H2,1-2H3,(H2,18,20,22). The number of benzene rings is 1. The van der Waals surface area contributed by atoms with Crippen LogP contribution < -0.4 is 15.4 Å². The highest BCUT2D eigenvalue weighted by atomic mass is 16.5. The lowest BCUT2D eigenvalue weighted by atomic mass is 9.76. The molecule has 3 rings (SSSR count).